The second-order valence-electron chi connectivity index (χ2n) is 5.87. The van der Waals surface area contributed by atoms with E-state index in [9.17, 15) is 18.0 Å². The average molecular weight is 461 g/mol. The van der Waals surface area contributed by atoms with Crippen LogP contribution in [0.15, 0.2) is 47.6 Å². The van der Waals surface area contributed by atoms with E-state index in [1.807, 2.05) is 0 Å². The van der Waals surface area contributed by atoms with E-state index in [2.05, 4.69) is 15.5 Å². The van der Waals surface area contributed by atoms with Gasteiger partial charge in [-0.2, -0.15) is 13.2 Å². The van der Waals surface area contributed by atoms with Crippen LogP contribution in [0.1, 0.15) is 11.4 Å². The third kappa shape index (κ3) is 5.23. The molecule has 3 rings (SSSR count). The summed E-state index contributed by atoms with van der Waals surface area (Å²) in [6.07, 6.45) is -4.61. The maximum atomic E-state index is 12.9. The highest BCUT2D eigenvalue weighted by atomic mass is 35.5. The zero-order valence-corrected chi connectivity index (χ0v) is 17.1. The van der Waals surface area contributed by atoms with Crippen LogP contribution in [0.4, 0.5) is 18.9 Å². The van der Waals surface area contributed by atoms with Gasteiger partial charge >= 0.3 is 6.18 Å². The molecule has 0 atom stereocenters. The van der Waals surface area contributed by atoms with Crippen LogP contribution in [0.5, 0.6) is 0 Å². The molecule has 152 valence electrons. The van der Waals surface area contributed by atoms with Crippen LogP contribution in [0.2, 0.25) is 10.0 Å². The van der Waals surface area contributed by atoms with Crippen molar-refractivity contribution in [2.24, 2.45) is 0 Å². The molecular formula is C18H13Cl2F3N4OS. The molecule has 0 spiro atoms. The number of carbonyl (C=O) groups excluding carboxylic acids is 1. The zero-order valence-electron chi connectivity index (χ0n) is 14.8. The number of halogens is 5. The van der Waals surface area contributed by atoms with Crippen LogP contribution in [-0.4, -0.2) is 26.4 Å². The minimum Gasteiger partial charge on any atom is -0.325 e. The molecule has 1 N–H and O–H groups in total. The first-order valence-electron chi connectivity index (χ1n) is 8.12. The van der Waals surface area contributed by atoms with Crippen molar-refractivity contribution < 1.29 is 18.0 Å². The molecule has 0 unspecified atom stereocenters. The number of hydrogen-bond donors (Lipinski definition) is 1. The van der Waals surface area contributed by atoms with Crippen molar-refractivity contribution in [3.8, 4) is 5.69 Å². The fraction of sp³-hybridized carbons (Fsp3) is 0.167. The van der Waals surface area contributed by atoms with Gasteiger partial charge in [-0.1, -0.05) is 35.0 Å². The predicted molar refractivity (Wildman–Crippen MR) is 107 cm³/mol. The molecule has 3 aromatic rings. The van der Waals surface area contributed by atoms with Gasteiger partial charge < -0.3 is 5.32 Å². The number of anilines is 1. The van der Waals surface area contributed by atoms with Gasteiger partial charge in [0.2, 0.25) is 5.91 Å². The summed E-state index contributed by atoms with van der Waals surface area (Å²) in [5.74, 6) is 0.0481. The van der Waals surface area contributed by atoms with Gasteiger partial charge in [-0.25, -0.2) is 0 Å². The van der Waals surface area contributed by atoms with Gasteiger partial charge in [-0.15, -0.1) is 10.2 Å². The summed E-state index contributed by atoms with van der Waals surface area (Å²) in [6, 6.07) is 10.2. The van der Waals surface area contributed by atoms with Gasteiger partial charge in [0.1, 0.15) is 5.82 Å². The van der Waals surface area contributed by atoms with E-state index in [1.165, 1.54) is 6.07 Å². The van der Waals surface area contributed by atoms with E-state index in [-0.39, 0.29) is 11.4 Å². The summed E-state index contributed by atoms with van der Waals surface area (Å²) in [6.45, 7) is 1.76. The number of nitrogens with one attached hydrogen (secondary N) is 1. The SMILES string of the molecule is Cc1nnc(SCC(=O)Nc2ccc(Cl)c(C(F)(F)F)c2)n1-c1ccc(Cl)cc1. The number of thioether (sulfide) groups is 1. The fourth-order valence-electron chi connectivity index (χ4n) is 2.47. The normalized spacial score (nSPS) is 11.5. The second-order valence-corrected chi connectivity index (χ2v) is 7.66. The lowest BCUT2D eigenvalue weighted by Crippen LogP contribution is -2.15. The highest BCUT2D eigenvalue weighted by Gasteiger charge is 2.33. The van der Waals surface area contributed by atoms with Crippen molar-refractivity contribution in [3.63, 3.8) is 0 Å². The number of amides is 1. The largest absolute Gasteiger partial charge is 0.417 e. The van der Waals surface area contributed by atoms with Crippen LogP contribution in [0, 0.1) is 6.92 Å². The molecule has 2 aromatic carbocycles. The molecule has 0 bridgehead atoms. The zero-order chi connectivity index (χ0) is 21.2. The number of carbonyl (C=O) groups is 1. The molecule has 1 amide bonds. The summed E-state index contributed by atoms with van der Waals surface area (Å²) in [5.41, 5.74) is -0.238. The van der Waals surface area contributed by atoms with Crippen molar-refractivity contribution >= 4 is 46.6 Å². The van der Waals surface area contributed by atoms with Gasteiger partial charge in [0, 0.05) is 16.4 Å². The Bertz CT molecular complexity index is 1040. The van der Waals surface area contributed by atoms with E-state index in [0.29, 0.717) is 16.0 Å². The molecular weight excluding hydrogens is 448 g/mol. The van der Waals surface area contributed by atoms with Crippen LogP contribution in [0.25, 0.3) is 5.69 Å². The van der Waals surface area contributed by atoms with E-state index < -0.39 is 22.7 Å². The minimum absolute atomic E-state index is 0.00248. The first kappa shape index (κ1) is 21.5. The van der Waals surface area contributed by atoms with E-state index in [1.54, 1.807) is 35.8 Å². The number of hydrogen-bond acceptors (Lipinski definition) is 4. The van der Waals surface area contributed by atoms with E-state index in [4.69, 9.17) is 23.2 Å². The van der Waals surface area contributed by atoms with Crippen molar-refractivity contribution in [2.45, 2.75) is 18.3 Å². The molecule has 0 fully saturated rings. The molecule has 0 radical (unpaired) electrons. The summed E-state index contributed by atoms with van der Waals surface area (Å²) in [5, 5.41) is 11.1. The Kier molecular flexibility index (Phi) is 6.40. The number of benzene rings is 2. The number of aryl methyl sites for hydroxylation is 1. The Hall–Kier alpha value is -2.23. The van der Waals surface area contributed by atoms with Gasteiger partial charge in [-0.3, -0.25) is 9.36 Å². The lowest BCUT2D eigenvalue weighted by atomic mass is 10.2. The lowest BCUT2D eigenvalue weighted by molar-refractivity contribution is -0.137. The Balaban J connectivity index is 1.70. The minimum atomic E-state index is -4.61. The number of nitrogens with zero attached hydrogens (tertiary/aromatic N) is 3. The van der Waals surface area contributed by atoms with Gasteiger partial charge in [0.15, 0.2) is 5.16 Å². The summed E-state index contributed by atoms with van der Waals surface area (Å²) < 4.78 is 40.6. The van der Waals surface area contributed by atoms with Gasteiger partial charge in [0.05, 0.1) is 16.3 Å². The molecule has 0 saturated carbocycles. The molecule has 5 nitrogen and oxygen atoms in total. The molecule has 0 saturated heterocycles. The van der Waals surface area contributed by atoms with Crippen LogP contribution in [0.3, 0.4) is 0 Å². The maximum Gasteiger partial charge on any atom is 0.417 e. The molecule has 1 heterocycles. The van der Waals surface area contributed by atoms with Crippen LogP contribution < -0.4 is 5.32 Å². The smallest absolute Gasteiger partial charge is 0.325 e. The molecule has 0 aliphatic heterocycles. The monoisotopic (exact) mass is 460 g/mol. The Labute approximate surface area is 178 Å². The Morgan fingerprint density at radius 1 is 1.14 bits per heavy atom. The van der Waals surface area contributed by atoms with Crippen LogP contribution in [-0.2, 0) is 11.0 Å². The summed E-state index contributed by atoms with van der Waals surface area (Å²) >= 11 is 12.6. The van der Waals surface area contributed by atoms with Crippen molar-refractivity contribution in [1.29, 1.82) is 0 Å². The average Bonchev–Trinajstić information content (AvgIpc) is 3.02. The molecule has 11 heteroatoms. The highest BCUT2D eigenvalue weighted by molar-refractivity contribution is 7.99. The van der Waals surface area contributed by atoms with Crippen molar-refractivity contribution in [2.75, 3.05) is 11.1 Å². The molecule has 1 aromatic heterocycles. The summed E-state index contributed by atoms with van der Waals surface area (Å²) in [4.78, 5) is 12.2. The van der Waals surface area contributed by atoms with Crippen molar-refractivity contribution in [3.05, 3.63) is 63.9 Å². The molecule has 0 aliphatic carbocycles. The second kappa shape index (κ2) is 8.64. The number of aromatic nitrogens is 3. The molecule has 0 aliphatic rings. The standard InChI is InChI=1S/C18H13Cl2F3N4OS/c1-10-25-26-17(27(10)13-5-2-11(19)3-6-13)29-9-16(28)24-12-4-7-15(20)14(8-12)18(21,22)23/h2-8H,9H2,1H3,(H,24,28). The Morgan fingerprint density at radius 2 is 1.83 bits per heavy atom. The Morgan fingerprint density at radius 3 is 2.48 bits per heavy atom. The van der Waals surface area contributed by atoms with E-state index in [0.717, 1.165) is 29.6 Å². The predicted octanol–water partition coefficient (Wildman–Crippen LogP) is 5.63. The third-order valence-corrected chi connectivity index (χ3v) is 5.28. The van der Waals surface area contributed by atoms with Crippen LogP contribution >= 0.6 is 35.0 Å². The van der Waals surface area contributed by atoms with Crippen molar-refractivity contribution in [1.82, 2.24) is 14.8 Å². The quantitative estimate of drug-likeness (QED) is 0.501. The van der Waals surface area contributed by atoms with Gasteiger partial charge in [-0.05, 0) is 49.4 Å². The highest BCUT2D eigenvalue weighted by Crippen LogP contribution is 2.36. The first-order valence-corrected chi connectivity index (χ1v) is 9.86. The molecule has 29 heavy (non-hydrogen) atoms. The fourth-order valence-corrected chi connectivity index (χ4v) is 3.62. The summed E-state index contributed by atoms with van der Waals surface area (Å²) in [7, 11) is 0. The third-order valence-electron chi connectivity index (χ3n) is 3.77. The maximum absolute atomic E-state index is 12.9. The number of rotatable bonds is 5. The topological polar surface area (TPSA) is 59.8 Å². The van der Waals surface area contributed by atoms with Gasteiger partial charge in [0.25, 0.3) is 0 Å². The van der Waals surface area contributed by atoms with E-state index >= 15 is 0 Å². The first-order chi connectivity index (χ1) is 13.6. The lowest BCUT2D eigenvalue weighted by Gasteiger charge is -2.12. The number of alkyl halides is 3.